The van der Waals surface area contributed by atoms with Crippen molar-refractivity contribution in [3.63, 3.8) is 0 Å². The van der Waals surface area contributed by atoms with Crippen molar-refractivity contribution in [3.05, 3.63) is 52.0 Å². The van der Waals surface area contributed by atoms with Crippen LogP contribution in [0.3, 0.4) is 0 Å². The average Bonchev–Trinajstić information content (AvgIpc) is 2.97. The van der Waals surface area contributed by atoms with Crippen molar-refractivity contribution in [2.75, 3.05) is 13.1 Å². The van der Waals surface area contributed by atoms with Gasteiger partial charge in [0.2, 0.25) is 10.0 Å². The number of aromatic amines is 1. The number of aromatic nitrogens is 3. The first kappa shape index (κ1) is 17.8. The molecule has 0 spiro atoms. The van der Waals surface area contributed by atoms with Gasteiger partial charge in [-0.2, -0.15) is 5.10 Å². The zero-order chi connectivity index (χ0) is 18.0. The van der Waals surface area contributed by atoms with Crippen LogP contribution in [0.15, 0.2) is 29.1 Å². The third-order valence-corrected chi connectivity index (χ3v) is 6.34. The molecule has 2 heterocycles. The molecule has 0 amide bonds. The molecule has 0 bridgehead atoms. The maximum absolute atomic E-state index is 13.8. The lowest BCUT2D eigenvalue weighted by atomic mass is 9.99. The first-order chi connectivity index (χ1) is 11.9. The maximum atomic E-state index is 13.8. The molecular weight excluding hydrogens is 347 g/mol. The number of rotatable bonds is 5. The molecule has 0 radical (unpaired) electrons. The van der Waals surface area contributed by atoms with Gasteiger partial charge in [-0.15, -0.1) is 0 Å². The molecule has 0 saturated carbocycles. The van der Waals surface area contributed by atoms with Gasteiger partial charge in [0.15, 0.2) is 0 Å². The summed E-state index contributed by atoms with van der Waals surface area (Å²) >= 11 is 0. The van der Waals surface area contributed by atoms with Crippen LogP contribution >= 0.6 is 0 Å². The van der Waals surface area contributed by atoms with Gasteiger partial charge in [-0.3, -0.25) is 4.57 Å². The van der Waals surface area contributed by atoms with E-state index in [1.165, 1.54) is 27.1 Å². The van der Waals surface area contributed by atoms with E-state index in [-0.39, 0.29) is 29.5 Å². The van der Waals surface area contributed by atoms with Gasteiger partial charge in [-0.05, 0) is 25.8 Å². The summed E-state index contributed by atoms with van der Waals surface area (Å²) in [6.45, 7) is 2.97. The Bertz CT molecular complexity index is 906. The van der Waals surface area contributed by atoms with E-state index in [0.717, 1.165) is 6.42 Å². The molecule has 136 valence electrons. The number of benzene rings is 1. The molecule has 1 N–H and O–H groups in total. The Balaban J connectivity index is 1.80. The van der Waals surface area contributed by atoms with Crippen LogP contribution in [0.5, 0.6) is 0 Å². The van der Waals surface area contributed by atoms with Crippen LogP contribution in [0, 0.1) is 5.82 Å². The van der Waals surface area contributed by atoms with Gasteiger partial charge in [-0.1, -0.05) is 18.2 Å². The zero-order valence-corrected chi connectivity index (χ0v) is 14.8. The Morgan fingerprint density at radius 3 is 2.84 bits per heavy atom. The van der Waals surface area contributed by atoms with Crippen molar-refractivity contribution in [1.29, 1.82) is 0 Å². The second-order valence-corrected chi connectivity index (χ2v) is 8.14. The number of hydrogen-bond donors (Lipinski definition) is 1. The van der Waals surface area contributed by atoms with E-state index in [9.17, 15) is 17.6 Å². The van der Waals surface area contributed by atoms with Crippen LogP contribution in [0.4, 0.5) is 4.39 Å². The fourth-order valence-electron chi connectivity index (χ4n) is 3.26. The average molecular weight is 368 g/mol. The van der Waals surface area contributed by atoms with E-state index in [0.29, 0.717) is 25.3 Å². The molecule has 1 aromatic heterocycles. The van der Waals surface area contributed by atoms with Gasteiger partial charge < -0.3 is 0 Å². The molecule has 1 aromatic carbocycles. The smallest absolute Gasteiger partial charge is 0.279 e. The minimum absolute atomic E-state index is 0.150. The van der Waals surface area contributed by atoms with E-state index in [4.69, 9.17) is 0 Å². The van der Waals surface area contributed by atoms with Crippen molar-refractivity contribution in [3.8, 4) is 0 Å². The predicted octanol–water partition coefficient (Wildman–Crippen LogP) is 1.44. The van der Waals surface area contributed by atoms with E-state index >= 15 is 0 Å². The fourth-order valence-corrected chi connectivity index (χ4v) is 4.88. The molecule has 3 rings (SSSR count). The Hall–Kier alpha value is -2.00. The molecule has 1 aliphatic heterocycles. The third-order valence-electron chi connectivity index (χ3n) is 4.54. The van der Waals surface area contributed by atoms with Crippen LogP contribution in [0.2, 0.25) is 0 Å². The summed E-state index contributed by atoms with van der Waals surface area (Å²) in [5.41, 5.74) is -0.126. The summed E-state index contributed by atoms with van der Waals surface area (Å²) in [5.74, 6) is -0.457. The van der Waals surface area contributed by atoms with Crippen LogP contribution in [0.25, 0.3) is 0 Å². The Morgan fingerprint density at radius 1 is 1.36 bits per heavy atom. The molecule has 1 aliphatic rings. The lowest BCUT2D eigenvalue weighted by Gasteiger charge is -2.31. The molecular formula is C16H21FN4O3S. The second-order valence-electron chi connectivity index (χ2n) is 6.18. The van der Waals surface area contributed by atoms with Crippen LogP contribution in [0.1, 0.15) is 37.1 Å². The van der Waals surface area contributed by atoms with Crippen molar-refractivity contribution in [1.82, 2.24) is 19.1 Å². The van der Waals surface area contributed by atoms with Crippen LogP contribution in [-0.2, 0) is 22.3 Å². The lowest BCUT2D eigenvalue weighted by molar-refractivity contribution is 0.304. The largest absolute Gasteiger partial charge is 0.343 e. The molecule has 1 fully saturated rings. The molecule has 2 aromatic rings. The minimum Gasteiger partial charge on any atom is -0.279 e. The number of nitrogens with zero attached hydrogens (tertiary/aromatic N) is 3. The standard InChI is InChI=1S/C16H21FN4O3S/c1-2-21-15(18-19-16(21)22)12-7-5-9-20(10-12)25(23,24)11-13-6-3-4-8-14(13)17/h3-4,6,8,12H,2,5,7,9-11H2,1H3,(H,19,22). The third kappa shape index (κ3) is 3.67. The summed E-state index contributed by atoms with van der Waals surface area (Å²) in [5, 5.41) is 6.50. The second kappa shape index (κ2) is 7.09. The number of piperidine rings is 1. The topological polar surface area (TPSA) is 88.1 Å². The summed E-state index contributed by atoms with van der Waals surface area (Å²) in [4.78, 5) is 11.7. The maximum Gasteiger partial charge on any atom is 0.343 e. The first-order valence-electron chi connectivity index (χ1n) is 8.28. The predicted molar refractivity (Wildman–Crippen MR) is 91.1 cm³/mol. The first-order valence-corrected chi connectivity index (χ1v) is 9.89. The minimum atomic E-state index is -3.64. The van der Waals surface area contributed by atoms with E-state index < -0.39 is 15.8 Å². The van der Waals surface area contributed by atoms with Gasteiger partial charge in [0.05, 0.1) is 5.75 Å². The summed E-state index contributed by atoms with van der Waals surface area (Å²) < 4.78 is 42.1. The number of hydrogen-bond acceptors (Lipinski definition) is 4. The monoisotopic (exact) mass is 368 g/mol. The van der Waals surface area contributed by atoms with E-state index in [1.54, 1.807) is 6.07 Å². The van der Waals surface area contributed by atoms with Crippen molar-refractivity contribution in [2.24, 2.45) is 0 Å². The van der Waals surface area contributed by atoms with E-state index in [2.05, 4.69) is 10.2 Å². The Morgan fingerprint density at radius 2 is 2.12 bits per heavy atom. The van der Waals surface area contributed by atoms with Crippen molar-refractivity contribution < 1.29 is 12.8 Å². The highest BCUT2D eigenvalue weighted by Gasteiger charge is 2.32. The Labute approximate surface area is 145 Å². The molecule has 9 heteroatoms. The summed E-state index contributed by atoms with van der Waals surface area (Å²) in [7, 11) is -3.64. The summed E-state index contributed by atoms with van der Waals surface area (Å²) in [6, 6.07) is 5.89. The van der Waals surface area contributed by atoms with Crippen molar-refractivity contribution in [2.45, 2.75) is 38.0 Å². The fraction of sp³-hybridized carbons (Fsp3) is 0.500. The van der Waals surface area contributed by atoms with Gasteiger partial charge in [0.25, 0.3) is 0 Å². The number of sulfonamides is 1. The number of H-pyrrole nitrogens is 1. The van der Waals surface area contributed by atoms with E-state index in [1.807, 2.05) is 6.92 Å². The molecule has 1 saturated heterocycles. The van der Waals surface area contributed by atoms with Crippen LogP contribution < -0.4 is 5.69 Å². The molecule has 25 heavy (non-hydrogen) atoms. The Kier molecular flexibility index (Phi) is 5.05. The molecule has 1 atom stereocenters. The summed E-state index contributed by atoms with van der Waals surface area (Å²) in [6.07, 6.45) is 1.43. The van der Waals surface area contributed by atoms with Gasteiger partial charge >= 0.3 is 5.69 Å². The van der Waals surface area contributed by atoms with Gasteiger partial charge in [0, 0.05) is 31.1 Å². The molecule has 7 nitrogen and oxygen atoms in total. The highest BCUT2D eigenvalue weighted by atomic mass is 32.2. The van der Waals surface area contributed by atoms with Gasteiger partial charge in [0.1, 0.15) is 11.6 Å². The normalized spacial score (nSPS) is 19.2. The number of halogens is 1. The quantitative estimate of drug-likeness (QED) is 0.865. The highest BCUT2D eigenvalue weighted by molar-refractivity contribution is 7.88. The van der Waals surface area contributed by atoms with Crippen molar-refractivity contribution >= 4 is 10.0 Å². The SMILES string of the molecule is CCn1c(C2CCCN(S(=O)(=O)Cc3ccccc3F)C2)n[nH]c1=O. The zero-order valence-electron chi connectivity index (χ0n) is 14.0. The number of nitrogens with one attached hydrogen (secondary N) is 1. The van der Waals surface area contributed by atoms with Crippen LogP contribution in [-0.4, -0.2) is 40.6 Å². The highest BCUT2D eigenvalue weighted by Crippen LogP contribution is 2.27. The lowest BCUT2D eigenvalue weighted by Crippen LogP contribution is -2.40. The molecule has 0 aliphatic carbocycles. The molecule has 1 unspecified atom stereocenters. The van der Waals surface area contributed by atoms with Gasteiger partial charge in [-0.25, -0.2) is 27.0 Å².